The van der Waals surface area contributed by atoms with Crippen molar-refractivity contribution in [3.63, 3.8) is 0 Å². The maximum absolute atomic E-state index is 12.2. The van der Waals surface area contributed by atoms with Gasteiger partial charge in [-0.3, -0.25) is 4.79 Å². The second-order valence-corrected chi connectivity index (χ2v) is 7.38. The zero-order chi connectivity index (χ0) is 19.6. The minimum Gasteiger partial charge on any atom is -0.444 e. The minimum absolute atomic E-state index is 0.145. The van der Waals surface area contributed by atoms with Gasteiger partial charge in [0.05, 0.1) is 11.3 Å². The van der Waals surface area contributed by atoms with Crippen molar-refractivity contribution in [1.29, 1.82) is 0 Å². The molecule has 9 nitrogen and oxygen atoms in total. The fraction of sp³-hybridized carbons (Fsp3) is 0.444. The molecule has 3 rings (SSSR count). The summed E-state index contributed by atoms with van der Waals surface area (Å²) < 4.78 is 5.42. The van der Waals surface area contributed by atoms with Gasteiger partial charge in [-0.25, -0.2) is 4.79 Å². The molecule has 3 heterocycles. The lowest BCUT2D eigenvalue weighted by Gasteiger charge is -2.36. The van der Waals surface area contributed by atoms with E-state index in [-0.39, 0.29) is 17.3 Å². The highest BCUT2D eigenvalue weighted by molar-refractivity contribution is 5.72. The smallest absolute Gasteiger partial charge is 0.410 e. The van der Waals surface area contributed by atoms with Crippen molar-refractivity contribution in [3.05, 3.63) is 34.7 Å². The minimum atomic E-state index is -0.523. The summed E-state index contributed by atoms with van der Waals surface area (Å²) in [5.41, 5.74) is 6.92. The van der Waals surface area contributed by atoms with Crippen molar-refractivity contribution < 1.29 is 9.53 Å². The SMILES string of the molecule is CC(C)(C)OC(=O)N1CCN(c2cc(-c3c[nH]ccc3=O)nnc2N)CC1. The molecule has 2 aromatic rings. The Morgan fingerprint density at radius 2 is 1.93 bits per heavy atom. The highest BCUT2D eigenvalue weighted by Gasteiger charge is 2.27. The van der Waals surface area contributed by atoms with Crippen molar-refractivity contribution in [3.8, 4) is 11.3 Å². The number of amides is 1. The zero-order valence-corrected chi connectivity index (χ0v) is 15.7. The van der Waals surface area contributed by atoms with Gasteiger partial charge in [-0.05, 0) is 26.8 Å². The van der Waals surface area contributed by atoms with Crippen molar-refractivity contribution in [2.75, 3.05) is 36.8 Å². The Labute approximate surface area is 157 Å². The van der Waals surface area contributed by atoms with Crippen LogP contribution in [-0.4, -0.2) is 58.0 Å². The summed E-state index contributed by atoms with van der Waals surface area (Å²) in [6, 6.07) is 3.20. The molecule has 0 bridgehead atoms. The summed E-state index contributed by atoms with van der Waals surface area (Å²) in [4.78, 5) is 30.8. The van der Waals surface area contributed by atoms with E-state index in [9.17, 15) is 9.59 Å². The summed E-state index contributed by atoms with van der Waals surface area (Å²) in [5, 5.41) is 8.04. The predicted molar refractivity (Wildman–Crippen MR) is 103 cm³/mol. The van der Waals surface area contributed by atoms with Gasteiger partial charge in [-0.15, -0.1) is 10.2 Å². The van der Waals surface area contributed by atoms with Gasteiger partial charge >= 0.3 is 6.09 Å². The zero-order valence-electron chi connectivity index (χ0n) is 15.7. The summed E-state index contributed by atoms with van der Waals surface area (Å²) in [7, 11) is 0. The van der Waals surface area contributed by atoms with Gasteiger partial charge in [0.2, 0.25) is 0 Å². The van der Waals surface area contributed by atoms with Crippen LogP contribution in [0.3, 0.4) is 0 Å². The average molecular weight is 372 g/mol. The first-order valence-electron chi connectivity index (χ1n) is 8.78. The lowest BCUT2D eigenvalue weighted by atomic mass is 10.1. The number of aromatic nitrogens is 3. The number of piperazine rings is 1. The number of aromatic amines is 1. The van der Waals surface area contributed by atoms with Gasteiger partial charge in [0.1, 0.15) is 11.3 Å². The standard InChI is InChI=1S/C18H24N6O3/c1-18(2,3)27-17(26)24-8-6-23(7-9-24)14-10-13(21-22-16(14)19)12-11-20-5-4-15(12)25/h4-5,10-11H,6-9H2,1-3H3,(H2,19,22)(H,20,25). The highest BCUT2D eigenvalue weighted by atomic mass is 16.6. The van der Waals surface area contributed by atoms with Crippen LogP contribution in [-0.2, 0) is 4.74 Å². The molecule has 3 N–H and O–H groups in total. The number of carbonyl (C=O) groups is 1. The second kappa shape index (κ2) is 7.26. The van der Waals surface area contributed by atoms with Gasteiger partial charge in [0.15, 0.2) is 11.2 Å². The first-order chi connectivity index (χ1) is 12.7. The lowest BCUT2D eigenvalue weighted by molar-refractivity contribution is 0.0240. The van der Waals surface area contributed by atoms with E-state index in [2.05, 4.69) is 15.2 Å². The van der Waals surface area contributed by atoms with Crippen LogP contribution in [0.5, 0.6) is 0 Å². The number of ether oxygens (including phenoxy) is 1. The van der Waals surface area contributed by atoms with Crippen molar-refractivity contribution in [2.24, 2.45) is 0 Å². The molecule has 1 aliphatic rings. The number of pyridine rings is 1. The van der Waals surface area contributed by atoms with E-state index < -0.39 is 5.60 Å². The summed E-state index contributed by atoms with van der Waals surface area (Å²) in [5.74, 6) is 0.289. The van der Waals surface area contributed by atoms with Crippen molar-refractivity contribution >= 4 is 17.6 Å². The maximum atomic E-state index is 12.2. The van der Waals surface area contributed by atoms with Gasteiger partial charge in [-0.1, -0.05) is 0 Å². The number of nitrogens with one attached hydrogen (secondary N) is 1. The number of hydrogen-bond donors (Lipinski definition) is 2. The Kier molecular flexibility index (Phi) is 5.02. The third-order valence-electron chi connectivity index (χ3n) is 4.17. The molecule has 0 aromatic carbocycles. The molecule has 0 saturated carbocycles. The van der Waals surface area contributed by atoms with Gasteiger partial charge in [-0.2, -0.15) is 0 Å². The molecule has 1 aliphatic heterocycles. The number of nitrogen functional groups attached to an aromatic ring is 1. The van der Waals surface area contributed by atoms with Gasteiger partial charge < -0.3 is 25.3 Å². The first kappa shape index (κ1) is 18.7. The van der Waals surface area contributed by atoms with Crippen molar-refractivity contribution in [1.82, 2.24) is 20.1 Å². The van der Waals surface area contributed by atoms with E-state index in [1.807, 2.05) is 25.7 Å². The highest BCUT2D eigenvalue weighted by Crippen LogP contribution is 2.26. The Morgan fingerprint density at radius 1 is 1.22 bits per heavy atom. The maximum Gasteiger partial charge on any atom is 0.410 e. The fourth-order valence-corrected chi connectivity index (χ4v) is 2.85. The van der Waals surface area contributed by atoms with Crippen LogP contribution in [0.1, 0.15) is 20.8 Å². The Balaban J connectivity index is 1.75. The summed E-state index contributed by atoms with van der Waals surface area (Å²) >= 11 is 0. The quantitative estimate of drug-likeness (QED) is 0.819. The largest absolute Gasteiger partial charge is 0.444 e. The van der Waals surface area contributed by atoms with Crippen LogP contribution in [0, 0.1) is 0 Å². The van der Waals surface area contributed by atoms with Crippen LogP contribution in [0.15, 0.2) is 29.3 Å². The van der Waals surface area contributed by atoms with E-state index in [0.29, 0.717) is 43.1 Å². The average Bonchev–Trinajstić information content (AvgIpc) is 2.61. The van der Waals surface area contributed by atoms with E-state index >= 15 is 0 Å². The van der Waals surface area contributed by atoms with E-state index in [0.717, 1.165) is 0 Å². The normalized spacial score (nSPS) is 14.9. The number of anilines is 2. The fourth-order valence-electron chi connectivity index (χ4n) is 2.85. The molecular weight excluding hydrogens is 348 g/mol. The number of carbonyl (C=O) groups excluding carboxylic acids is 1. The molecule has 27 heavy (non-hydrogen) atoms. The molecule has 0 atom stereocenters. The van der Waals surface area contributed by atoms with Crippen LogP contribution >= 0.6 is 0 Å². The Bertz CT molecular complexity index is 881. The molecule has 144 valence electrons. The van der Waals surface area contributed by atoms with E-state index in [4.69, 9.17) is 10.5 Å². The number of nitrogens with two attached hydrogens (primary N) is 1. The molecule has 0 aliphatic carbocycles. The lowest BCUT2D eigenvalue weighted by Crippen LogP contribution is -2.50. The number of H-pyrrole nitrogens is 1. The molecule has 1 amide bonds. The number of hydrogen-bond acceptors (Lipinski definition) is 7. The first-order valence-corrected chi connectivity index (χ1v) is 8.78. The summed E-state index contributed by atoms with van der Waals surface area (Å²) in [6.45, 7) is 7.72. The summed E-state index contributed by atoms with van der Waals surface area (Å²) in [6.07, 6.45) is 2.83. The predicted octanol–water partition coefficient (Wildman–Crippen LogP) is 1.47. The molecule has 1 fully saturated rings. The van der Waals surface area contributed by atoms with E-state index in [1.165, 1.54) is 6.07 Å². The molecule has 2 aromatic heterocycles. The molecule has 1 saturated heterocycles. The number of nitrogens with zero attached hydrogens (tertiary/aromatic N) is 4. The van der Waals surface area contributed by atoms with Gasteiger partial charge in [0.25, 0.3) is 0 Å². The van der Waals surface area contributed by atoms with E-state index in [1.54, 1.807) is 23.4 Å². The third kappa shape index (κ3) is 4.36. The Hall–Kier alpha value is -3.10. The molecule has 9 heteroatoms. The van der Waals surface area contributed by atoms with Gasteiger partial charge in [0, 0.05) is 44.6 Å². The van der Waals surface area contributed by atoms with Crippen molar-refractivity contribution in [2.45, 2.75) is 26.4 Å². The molecule has 0 unspecified atom stereocenters. The topological polar surface area (TPSA) is 117 Å². The van der Waals surface area contributed by atoms with Crippen LogP contribution < -0.4 is 16.1 Å². The van der Waals surface area contributed by atoms with Crippen LogP contribution in [0.2, 0.25) is 0 Å². The molecular formula is C18H24N6O3. The van der Waals surface area contributed by atoms with Crippen LogP contribution in [0.4, 0.5) is 16.3 Å². The molecule has 0 radical (unpaired) electrons. The Morgan fingerprint density at radius 3 is 2.56 bits per heavy atom. The third-order valence-corrected chi connectivity index (χ3v) is 4.17. The molecule has 0 spiro atoms. The number of rotatable bonds is 2. The monoisotopic (exact) mass is 372 g/mol. The second-order valence-electron chi connectivity index (χ2n) is 7.38. The van der Waals surface area contributed by atoms with Crippen LogP contribution in [0.25, 0.3) is 11.3 Å².